The van der Waals surface area contributed by atoms with Crippen molar-refractivity contribution in [1.82, 2.24) is 20.0 Å². The van der Waals surface area contributed by atoms with Gasteiger partial charge in [0.15, 0.2) is 5.82 Å². The summed E-state index contributed by atoms with van der Waals surface area (Å²) < 4.78 is 1.80. The maximum absolute atomic E-state index is 12.0. The fraction of sp³-hybridized carbons (Fsp3) is 0.385. The number of hydrogen-bond acceptors (Lipinski definition) is 5. The number of amides is 1. The van der Waals surface area contributed by atoms with Gasteiger partial charge >= 0.3 is 0 Å². The number of pyridine rings is 1. The Labute approximate surface area is 115 Å². The molecule has 0 radical (unpaired) electrons. The van der Waals surface area contributed by atoms with E-state index in [1.165, 1.54) is 0 Å². The molecule has 2 aromatic heterocycles. The number of aromatic nitrogens is 4. The fourth-order valence-electron chi connectivity index (χ4n) is 2.54. The van der Waals surface area contributed by atoms with Crippen molar-refractivity contribution in [2.24, 2.45) is 5.92 Å². The molecule has 1 aliphatic carbocycles. The molecule has 3 heterocycles. The van der Waals surface area contributed by atoms with Crippen LogP contribution in [0.5, 0.6) is 0 Å². The number of rotatable bonds is 2. The van der Waals surface area contributed by atoms with Crippen molar-refractivity contribution < 1.29 is 4.79 Å². The molecule has 1 amide bonds. The fourth-order valence-corrected chi connectivity index (χ4v) is 2.54. The van der Waals surface area contributed by atoms with Gasteiger partial charge in [0.1, 0.15) is 5.69 Å². The average molecular weight is 270 g/mol. The second-order valence-corrected chi connectivity index (χ2v) is 5.28. The molecule has 0 atom stereocenters. The second kappa shape index (κ2) is 4.03. The zero-order valence-electron chi connectivity index (χ0n) is 11.1. The normalized spacial score (nSPS) is 16.6. The largest absolute Gasteiger partial charge is 0.364 e. The molecule has 7 heteroatoms. The summed E-state index contributed by atoms with van der Waals surface area (Å²) in [5, 5.41) is 11.0. The van der Waals surface area contributed by atoms with Crippen LogP contribution in [0.2, 0.25) is 0 Å². The van der Waals surface area contributed by atoms with Crippen LogP contribution < -0.4 is 10.2 Å². The van der Waals surface area contributed by atoms with Gasteiger partial charge in [0, 0.05) is 19.2 Å². The molecule has 0 bridgehead atoms. The quantitative estimate of drug-likeness (QED) is 0.879. The Kier molecular flexibility index (Phi) is 2.29. The van der Waals surface area contributed by atoms with E-state index < -0.39 is 0 Å². The SMILES string of the molecule is CN1Cc2cnnn2-c2ccnc(NC(=O)C3CC3)c21. The van der Waals surface area contributed by atoms with Crippen molar-refractivity contribution in [1.29, 1.82) is 0 Å². The number of carbonyl (C=O) groups is 1. The Morgan fingerprint density at radius 3 is 3.10 bits per heavy atom. The molecule has 7 nitrogen and oxygen atoms in total. The van der Waals surface area contributed by atoms with Gasteiger partial charge in [-0.1, -0.05) is 5.21 Å². The third-order valence-corrected chi connectivity index (χ3v) is 3.72. The number of nitrogens with zero attached hydrogens (tertiary/aromatic N) is 5. The van der Waals surface area contributed by atoms with E-state index in [0.29, 0.717) is 12.4 Å². The topological polar surface area (TPSA) is 75.9 Å². The number of hydrogen-bond donors (Lipinski definition) is 1. The van der Waals surface area contributed by atoms with Crippen molar-refractivity contribution >= 4 is 17.4 Å². The van der Waals surface area contributed by atoms with Crippen LogP contribution >= 0.6 is 0 Å². The molecule has 4 rings (SSSR count). The Hall–Kier alpha value is -2.44. The Morgan fingerprint density at radius 2 is 2.30 bits per heavy atom. The second-order valence-electron chi connectivity index (χ2n) is 5.28. The zero-order valence-corrected chi connectivity index (χ0v) is 11.1. The minimum Gasteiger partial charge on any atom is -0.364 e. The summed E-state index contributed by atoms with van der Waals surface area (Å²) in [6, 6.07) is 1.88. The van der Waals surface area contributed by atoms with Gasteiger partial charge in [-0.15, -0.1) is 5.10 Å². The van der Waals surface area contributed by atoms with Crippen molar-refractivity contribution in [2.75, 3.05) is 17.3 Å². The summed E-state index contributed by atoms with van der Waals surface area (Å²) in [6.07, 6.45) is 5.39. The van der Waals surface area contributed by atoms with Gasteiger partial charge in [0.25, 0.3) is 0 Å². The van der Waals surface area contributed by atoms with Crippen LogP contribution in [0.25, 0.3) is 5.69 Å². The predicted octanol–water partition coefficient (Wildman–Crippen LogP) is 0.961. The first-order chi connectivity index (χ1) is 9.74. The highest BCUT2D eigenvalue weighted by Crippen LogP contribution is 2.36. The van der Waals surface area contributed by atoms with Gasteiger partial charge in [-0.3, -0.25) is 4.79 Å². The van der Waals surface area contributed by atoms with Crippen molar-refractivity contribution in [3.63, 3.8) is 0 Å². The first-order valence-electron chi connectivity index (χ1n) is 6.65. The van der Waals surface area contributed by atoms with Gasteiger partial charge in [-0.05, 0) is 18.9 Å². The Balaban J connectivity index is 1.79. The van der Waals surface area contributed by atoms with Gasteiger partial charge in [0.2, 0.25) is 5.91 Å². The van der Waals surface area contributed by atoms with Crippen LogP contribution in [0.4, 0.5) is 11.5 Å². The lowest BCUT2D eigenvalue weighted by molar-refractivity contribution is -0.117. The van der Waals surface area contributed by atoms with Crippen LogP contribution in [-0.4, -0.2) is 32.9 Å². The van der Waals surface area contributed by atoms with Crippen LogP contribution in [0.3, 0.4) is 0 Å². The van der Waals surface area contributed by atoms with Gasteiger partial charge in [0.05, 0.1) is 24.1 Å². The molecule has 102 valence electrons. The summed E-state index contributed by atoms with van der Waals surface area (Å²) in [5.41, 5.74) is 2.80. The molecule has 1 N–H and O–H groups in total. The van der Waals surface area contributed by atoms with Crippen molar-refractivity contribution in [3.05, 3.63) is 24.2 Å². The molecule has 2 aliphatic rings. The molecule has 2 aromatic rings. The number of fused-ring (bicyclic) bond motifs is 3. The molecule has 20 heavy (non-hydrogen) atoms. The maximum atomic E-state index is 12.0. The van der Waals surface area contributed by atoms with Gasteiger partial charge in [-0.25, -0.2) is 9.67 Å². The first-order valence-corrected chi connectivity index (χ1v) is 6.65. The highest BCUT2D eigenvalue weighted by Gasteiger charge is 2.31. The number of carbonyl (C=O) groups excluding carboxylic acids is 1. The van der Waals surface area contributed by atoms with Crippen molar-refractivity contribution in [3.8, 4) is 5.69 Å². The van der Waals surface area contributed by atoms with E-state index in [4.69, 9.17) is 0 Å². The van der Waals surface area contributed by atoms with E-state index >= 15 is 0 Å². The predicted molar refractivity (Wildman–Crippen MR) is 72.6 cm³/mol. The number of anilines is 2. The van der Waals surface area contributed by atoms with Crippen LogP contribution in [0.1, 0.15) is 18.5 Å². The minimum absolute atomic E-state index is 0.0590. The lowest BCUT2D eigenvalue weighted by Gasteiger charge is -2.29. The first kappa shape index (κ1) is 11.4. The van der Waals surface area contributed by atoms with E-state index in [1.807, 2.05) is 13.1 Å². The molecule has 0 spiro atoms. The van der Waals surface area contributed by atoms with Crippen LogP contribution in [-0.2, 0) is 11.3 Å². The van der Waals surface area contributed by atoms with E-state index in [-0.39, 0.29) is 11.8 Å². The Morgan fingerprint density at radius 1 is 1.45 bits per heavy atom. The minimum atomic E-state index is 0.0590. The van der Waals surface area contributed by atoms with Crippen molar-refractivity contribution in [2.45, 2.75) is 19.4 Å². The maximum Gasteiger partial charge on any atom is 0.228 e. The highest BCUT2D eigenvalue weighted by atomic mass is 16.2. The van der Waals surface area contributed by atoms with Crippen LogP contribution in [0.15, 0.2) is 18.5 Å². The van der Waals surface area contributed by atoms with Gasteiger partial charge < -0.3 is 10.2 Å². The summed E-state index contributed by atoms with van der Waals surface area (Å²) in [5.74, 6) is 0.815. The third kappa shape index (κ3) is 1.66. The summed E-state index contributed by atoms with van der Waals surface area (Å²) in [4.78, 5) is 18.3. The zero-order chi connectivity index (χ0) is 13.7. The molecule has 0 aromatic carbocycles. The van der Waals surface area contributed by atoms with E-state index in [1.54, 1.807) is 17.1 Å². The molecular weight excluding hydrogens is 256 g/mol. The molecule has 0 saturated heterocycles. The summed E-state index contributed by atoms with van der Waals surface area (Å²) >= 11 is 0. The molecule has 1 fully saturated rings. The third-order valence-electron chi connectivity index (χ3n) is 3.72. The summed E-state index contributed by atoms with van der Waals surface area (Å²) in [7, 11) is 1.98. The van der Waals surface area contributed by atoms with Crippen LogP contribution in [0, 0.1) is 5.92 Å². The average Bonchev–Trinajstić information content (AvgIpc) is 3.18. The van der Waals surface area contributed by atoms with Gasteiger partial charge in [-0.2, -0.15) is 0 Å². The lowest BCUT2D eigenvalue weighted by atomic mass is 10.2. The molecule has 1 aliphatic heterocycles. The standard InChI is InChI=1S/C13H14N6O/c1-18-7-9-6-15-17-19(9)10-4-5-14-12(11(10)18)16-13(20)8-2-3-8/h4-6,8H,2-3,7H2,1H3,(H,14,16,20). The molecular formula is C13H14N6O. The smallest absolute Gasteiger partial charge is 0.228 e. The Bertz CT molecular complexity index is 690. The number of nitrogens with one attached hydrogen (secondary N) is 1. The monoisotopic (exact) mass is 270 g/mol. The summed E-state index contributed by atoms with van der Waals surface area (Å²) in [6.45, 7) is 0.692. The molecule has 0 unspecified atom stereocenters. The van der Waals surface area contributed by atoms with E-state index in [0.717, 1.165) is 29.9 Å². The van der Waals surface area contributed by atoms with E-state index in [9.17, 15) is 4.79 Å². The lowest BCUT2D eigenvalue weighted by Crippen LogP contribution is -2.28. The van der Waals surface area contributed by atoms with E-state index in [2.05, 4.69) is 25.5 Å². The molecule has 1 saturated carbocycles. The highest BCUT2D eigenvalue weighted by molar-refractivity contribution is 5.97.